The van der Waals surface area contributed by atoms with Crippen molar-refractivity contribution >= 4 is 20.0 Å². The Balaban J connectivity index is 6.27. The molecule has 0 aliphatic carbocycles. The maximum absolute atomic E-state index is 12.0. The van der Waals surface area contributed by atoms with Crippen molar-refractivity contribution in [2.75, 3.05) is 0 Å². The van der Waals surface area contributed by atoms with Gasteiger partial charge in [0.15, 0.2) is 0 Å². The van der Waals surface area contributed by atoms with Gasteiger partial charge in [-0.15, -0.1) is 0 Å². The SMILES string of the molecule is O=S(=O)(Cl)OC(C(F)(F)F)(C(F)(F)F)C(F)(F)F. The summed E-state index contributed by atoms with van der Waals surface area (Å²) in [5.41, 5.74) is -6.92. The van der Waals surface area contributed by atoms with Crippen LogP contribution in [0.2, 0.25) is 0 Å². The van der Waals surface area contributed by atoms with Gasteiger partial charge in [0.05, 0.1) is 0 Å². The molecule has 14 heteroatoms. The van der Waals surface area contributed by atoms with Crippen LogP contribution in [0, 0.1) is 0 Å². The second-order valence-corrected chi connectivity index (χ2v) is 4.74. The van der Waals surface area contributed by atoms with Crippen LogP contribution >= 0.6 is 10.7 Å². The van der Waals surface area contributed by atoms with E-state index in [9.17, 15) is 47.9 Å². The van der Waals surface area contributed by atoms with Gasteiger partial charge in [-0.3, -0.25) is 0 Å². The number of hydrogen-bond donors (Lipinski definition) is 0. The Kier molecular flexibility index (Phi) is 4.20. The summed E-state index contributed by atoms with van der Waals surface area (Å²) in [7, 11) is -2.33. The van der Waals surface area contributed by atoms with Gasteiger partial charge in [-0.1, -0.05) is 0 Å². The molecule has 18 heavy (non-hydrogen) atoms. The summed E-state index contributed by atoms with van der Waals surface area (Å²) in [6.45, 7) is 0. The molecule has 0 radical (unpaired) electrons. The quantitative estimate of drug-likeness (QED) is 0.576. The zero-order valence-corrected chi connectivity index (χ0v) is 8.99. The van der Waals surface area contributed by atoms with E-state index in [2.05, 4.69) is 14.9 Å². The molecular formula is C4ClF9O3S. The Morgan fingerprint density at radius 3 is 1.00 bits per heavy atom. The maximum atomic E-state index is 12.0. The molecule has 0 aromatic heterocycles. The van der Waals surface area contributed by atoms with Crippen LogP contribution in [0.1, 0.15) is 0 Å². The first-order chi connectivity index (χ1) is 7.46. The highest BCUT2D eigenvalue weighted by Gasteiger charge is 2.87. The van der Waals surface area contributed by atoms with Crippen molar-refractivity contribution in [1.29, 1.82) is 0 Å². The van der Waals surface area contributed by atoms with E-state index in [0.29, 0.717) is 0 Å². The first kappa shape index (κ1) is 17.6. The molecule has 0 aliphatic heterocycles. The average molecular weight is 335 g/mol. The van der Waals surface area contributed by atoms with Crippen LogP contribution in [0.25, 0.3) is 0 Å². The second kappa shape index (κ2) is 4.30. The third-order valence-electron chi connectivity index (χ3n) is 1.42. The molecule has 0 amide bonds. The summed E-state index contributed by atoms with van der Waals surface area (Å²) in [6, 6.07) is 0. The largest absolute Gasteiger partial charge is 0.437 e. The molecule has 0 atom stereocenters. The van der Waals surface area contributed by atoms with E-state index < -0.39 is 33.5 Å². The summed E-state index contributed by atoms with van der Waals surface area (Å²) in [5.74, 6) is 0. The summed E-state index contributed by atoms with van der Waals surface area (Å²) >= 11 is 0. The minimum absolute atomic E-state index is 2.08. The molecule has 0 saturated heterocycles. The molecular weight excluding hydrogens is 335 g/mol. The van der Waals surface area contributed by atoms with Crippen LogP contribution in [0.15, 0.2) is 0 Å². The minimum atomic E-state index is -7.15. The highest BCUT2D eigenvalue weighted by atomic mass is 35.7. The van der Waals surface area contributed by atoms with Crippen molar-refractivity contribution in [2.45, 2.75) is 24.1 Å². The molecule has 0 aliphatic rings. The van der Waals surface area contributed by atoms with Crippen LogP contribution in [-0.2, 0) is 13.5 Å². The van der Waals surface area contributed by atoms with Crippen LogP contribution in [0.3, 0.4) is 0 Å². The van der Waals surface area contributed by atoms with Gasteiger partial charge in [-0.05, 0) is 0 Å². The van der Waals surface area contributed by atoms with E-state index in [0.717, 1.165) is 0 Å². The van der Waals surface area contributed by atoms with Gasteiger partial charge >= 0.3 is 33.5 Å². The summed E-state index contributed by atoms with van der Waals surface area (Å²) in [6.07, 6.45) is -21.4. The molecule has 0 heterocycles. The van der Waals surface area contributed by atoms with Crippen molar-refractivity contribution in [3.63, 3.8) is 0 Å². The highest BCUT2D eigenvalue weighted by Crippen LogP contribution is 2.55. The predicted octanol–water partition coefficient (Wildman–Crippen LogP) is 2.91. The van der Waals surface area contributed by atoms with E-state index >= 15 is 0 Å². The minimum Gasteiger partial charge on any atom is -0.222 e. The molecule has 0 fully saturated rings. The first-order valence-corrected chi connectivity index (χ1v) is 5.54. The molecule has 110 valence electrons. The van der Waals surface area contributed by atoms with Gasteiger partial charge in [0.1, 0.15) is 0 Å². The number of halogens is 10. The molecule has 3 nitrogen and oxygen atoms in total. The van der Waals surface area contributed by atoms with Crippen LogP contribution < -0.4 is 0 Å². The Hall–Kier alpha value is -0.430. The molecule has 0 saturated carbocycles. The number of rotatable bonds is 2. The van der Waals surface area contributed by atoms with Gasteiger partial charge in [0.25, 0.3) is 0 Å². The second-order valence-electron chi connectivity index (χ2n) is 2.65. The normalized spacial score (nSPS) is 15.9. The fourth-order valence-electron chi connectivity index (χ4n) is 0.773. The molecule has 0 rings (SSSR count). The van der Waals surface area contributed by atoms with Gasteiger partial charge in [0, 0.05) is 10.7 Å². The van der Waals surface area contributed by atoms with E-state index in [4.69, 9.17) is 0 Å². The highest BCUT2D eigenvalue weighted by molar-refractivity contribution is 8.10. The standard InChI is InChI=1S/C4ClF9O3S/c5-18(15,16)17-1(2(6,7)8,3(9,10)11)4(12,13)14. The number of hydrogen-bond acceptors (Lipinski definition) is 3. The van der Waals surface area contributed by atoms with Crippen LogP contribution in [-0.4, -0.2) is 32.5 Å². The average Bonchev–Trinajstić information content (AvgIpc) is 1.90. The molecule has 0 aromatic carbocycles. The number of alkyl halides is 9. The Morgan fingerprint density at radius 2 is 0.944 bits per heavy atom. The topological polar surface area (TPSA) is 43.4 Å². The van der Waals surface area contributed by atoms with E-state index in [1.807, 2.05) is 0 Å². The van der Waals surface area contributed by atoms with E-state index in [-0.39, 0.29) is 0 Å². The lowest BCUT2D eigenvalue weighted by molar-refractivity contribution is -0.435. The van der Waals surface area contributed by atoms with Crippen molar-refractivity contribution < 1.29 is 52.1 Å². The molecule has 0 N–H and O–H groups in total. The van der Waals surface area contributed by atoms with Crippen molar-refractivity contribution in [3.05, 3.63) is 0 Å². The van der Waals surface area contributed by atoms with E-state index in [1.165, 1.54) is 0 Å². The third-order valence-corrected chi connectivity index (χ3v) is 2.06. The van der Waals surface area contributed by atoms with Gasteiger partial charge < -0.3 is 0 Å². The fraction of sp³-hybridized carbons (Fsp3) is 1.00. The van der Waals surface area contributed by atoms with Crippen molar-refractivity contribution in [3.8, 4) is 0 Å². The Morgan fingerprint density at radius 1 is 0.722 bits per heavy atom. The molecule has 0 bridgehead atoms. The lowest BCUT2D eigenvalue weighted by Crippen LogP contribution is -2.68. The van der Waals surface area contributed by atoms with Crippen molar-refractivity contribution in [1.82, 2.24) is 0 Å². The van der Waals surface area contributed by atoms with Crippen LogP contribution in [0.5, 0.6) is 0 Å². The first-order valence-electron chi connectivity index (χ1n) is 3.31. The van der Waals surface area contributed by atoms with Gasteiger partial charge in [0.2, 0.25) is 0 Å². The third kappa shape index (κ3) is 3.12. The molecule has 0 spiro atoms. The molecule has 0 aromatic rings. The summed E-state index contributed by atoms with van der Waals surface area (Å²) in [5, 5.41) is 0. The lowest BCUT2D eigenvalue weighted by atomic mass is 10.0. The fourth-order valence-corrected chi connectivity index (χ4v) is 1.64. The van der Waals surface area contributed by atoms with Gasteiger partial charge in [-0.25, -0.2) is 4.18 Å². The summed E-state index contributed by atoms with van der Waals surface area (Å²) in [4.78, 5) is 0. The smallest absolute Gasteiger partial charge is 0.222 e. The maximum Gasteiger partial charge on any atom is 0.437 e. The Labute approximate surface area is 97.1 Å². The lowest BCUT2D eigenvalue weighted by Gasteiger charge is -2.36. The van der Waals surface area contributed by atoms with Crippen molar-refractivity contribution in [2.24, 2.45) is 0 Å². The molecule has 0 unspecified atom stereocenters. The summed E-state index contributed by atoms with van der Waals surface area (Å²) < 4.78 is 130. The monoisotopic (exact) mass is 334 g/mol. The van der Waals surface area contributed by atoms with Crippen LogP contribution in [0.4, 0.5) is 39.5 Å². The zero-order chi connectivity index (χ0) is 15.2. The zero-order valence-electron chi connectivity index (χ0n) is 7.41. The van der Waals surface area contributed by atoms with Gasteiger partial charge in [-0.2, -0.15) is 47.9 Å². The van der Waals surface area contributed by atoms with E-state index in [1.54, 1.807) is 0 Å². The predicted molar refractivity (Wildman–Crippen MR) is 36.8 cm³/mol. The Bertz CT molecular complexity index is 367.